The first-order valence-corrected chi connectivity index (χ1v) is 8.12. The summed E-state index contributed by atoms with van der Waals surface area (Å²) < 4.78 is 52.7. The number of aromatic amines is 1. The average molecular weight is 394 g/mol. The molecule has 0 saturated carbocycles. The Morgan fingerprint density at radius 3 is 2.57 bits per heavy atom. The van der Waals surface area contributed by atoms with E-state index in [9.17, 15) is 32.3 Å². The number of benzene rings is 2. The normalized spacial score (nSPS) is 12.8. The van der Waals surface area contributed by atoms with E-state index in [0.717, 1.165) is 30.3 Å². The van der Waals surface area contributed by atoms with Crippen LogP contribution in [0.5, 0.6) is 0 Å². The molecule has 3 aromatic rings. The molecular weight excluding hydrogens is 380 g/mol. The van der Waals surface area contributed by atoms with E-state index in [0.29, 0.717) is 0 Å². The summed E-state index contributed by atoms with van der Waals surface area (Å²) in [6.45, 7) is -0.532. The van der Waals surface area contributed by atoms with Crippen LogP contribution in [0.25, 0.3) is 10.9 Å². The van der Waals surface area contributed by atoms with Gasteiger partial charge in [-0.1, -0.05) is 18.2 Å². The van der Waals surface area contributed by atoms with Crippen molar-refractivity contribution < 1.29 is 27.5 Å². The SMILES string of the molecule is O=C(NCC(O)c1ccccc1C(F)(F)F)c1cc(=O)[nH]c2ccc(F)cc12. The van der Waals surface area contributed by atoms with E-state index in [1.807, 2.05) is 0 Å². The topological polar surface area (TPSA) is 82.2 Å². The summed E-state index contributed by atoms with van der Waals surface area (Å²) in [6.07, 6.45) is -6.30. The summed E-state index contributed by atoms with van der Waals surface area (Å²) >= 11 is 0. The van der Waals surface area contributed by atoms with Crippen molar-refractivity contribution in [1.29, 1.82) is 0 Å². The van der Waals surface area contributed by atoms with Crippen LogP contribution in [0, 0.1) is 5.82 Å². The van der Waals surface area contributed by atoms with Gasteiger partial charge in [-0.2, -0.15) is 13.2 Å². The summed E-state index contributed by atoms with van der Waals surface area (Å²) in [5.41, 5.74) is -1.94. The van der Waals surface area contributed by atoms with Crippen LogP contribution in [-0.4, -0.2) is 22.5 Å². The van der Waals surface area contributed by atoms with E-state index in [2.05, 4.69) is 10.3 Å². The van der Waals surface area contributed by atoms with Gasteiger partial charge >= 0.3 is 6.18 Å². The lowest BCUT2D eigenvalue weighted by molar-refractivity contribution is -0.139. The second-order valence-corrected chi connectivity index (χ2v) is 6.05. The lowest BCUT2D eigenvalue weighted by atomic mass is 10.0. The molecule has 146 valence electrons. The molecule has 0 radical (unpaired) electrons. The number of hydrogen-bond donors (Lipinski definition) is 3. The molecule has 0 bridgehead atoms. The average Bonchev–Trinajstić information content (AvgIpc) is 2.64. The molecule has 1 amide bonds. The van der Waals surface area contributed by atoms with Crippen LogP contribution in [0.2, 0.25) is 0 Å². The van der Waals surface area contributed by atoms with Crippen molar-refractivity contribution in [3.63, 3.8) is 0 Å². The molecule has 3 rings (SSSR count). The standard InChI is InChI=1S/C19H14F4N2O3/c20-10-5-6-15-12(7-10)13(8-17(27)25-15)18(28)24-9-16(26)11-3-1-2-4-14(11)19(21,22)23/h1-8,16,26H,9H2,(H,24,28)(H,25,27). The third kappa shape index (κ3) is 4.04. The maximum atomic E-state index is 13.5. The van der Waals surface area contributed by atoms with Crippen LogP contribution in [0.3, 0.4) is 0 Å². The Labute approximate surface area is 155 Å². The summed E-state index contributed by atoms with van der Waals surface area (Å²) in [6, 6.07) is 8.86. The van der Waals surface area contributed by atoms with Crippen LogP contribution < -0.4 is 10.9 Å². The number of carbonyl (C=O) groups is 1. The molecule has 1 aromatic heterocycles. The highest BCUT2D eigenvalue weighted by Crippen LogP contribution is 2.34. The molecule has 0 aliphatic rings. The van der Waals surface area contributed by atoms with Crippen LogP contribution in [0.4, 0.5) is 17.6 Å². The van der Waals surface area contributed by atoms with Gasteiger partial charge in [0.05, 0.1) is 17.2 Å². The van der Waals surface area contributed by atoms with Gasteiger partial charge in [0, 0.05) is 23.5 Å². The van der Waals surface area contributed by atoms with E-state index in [-0.39, 0.29) is 16.5 Å². The van der Waals surface area contributed by atoms with E-state index >= 15 is 0 Å². The highest BCUT2D eigenvalue weighted by molar-refractivity contribution is 6.05. The number of H-pyrrole nitrogens is 1. The number of aliphatic hydroxyl groups excluding tert-OH is 1. The van der Waals surface area contributed by atoms with Gasteiger partial charge in [-0.25, -0.2) is 4.39 Å². The number of rotatable bonds is 4. The monoisotopic (exact) mass is 394 g/mol. The summed E-state index contributed by atoms with van der Waals surface area (Å²) in [5.74, 6) is -1.46. The van der Waals surface area contributed by atoms with Crippen molar-refractivity contribution in [3.05, 3.63) is 81.4 Å². The highest BCUT2D eigenvalue weighted by atomic mass is 19.4. The first kappa shape index (κ1) is 19.6. The fourth-order valence-electron chi connectivity index (χ4n) is 2.85. The molecule has 2 aromatic carbocycles. The molecule has 28 heavy (non-hydrogen) atoms. The third-order valence-corrected chi connectivity index (χ3v) is 4.13. The van der Waals surface area contributed by atoms with Gasteiger partial charge in [-0.05, 0) is 29.8 Å². The number of aromatic nitrogens is 1. The molecule has 5 nitrogen and oxygen atoms in total. The Balaban J connectivity index is 1.85. The zero-order valence-corrected chi connectivity index (χ0v) is 14.2. The molecule has 0 saturated heterocycles. The highest BCUT2D eigenvalue weighted by Gasteiger charge is 2.34. The predicted octanol–water partition coefficient (Wildman–Crippen LogP) is 3.15. The molecule has 1 heterocycles. The number of fused-ring (bicyclic) bond motifs is 1. The maximum absolute atomic E-state index is 13.5. The summed E-state index contributed by atoms with van der Waals surface area (Å²) in [4.78, 5) is 26.6. The molecule has 9 heteroatoms. The molecule has 1 unspecified atom stereocenters. The Kier molecular flexibility index (Phi) is 5.19. The van der Waals surface area contributed by atoms with E-state index in [1.54, 1.807) is 0 Å². The molecular formula is C19H14F4N2O3. The van der Waals surface area contributed by atoms with Gasteiger partial charge in [-0.15, -0.1) is 0 Å². The second kappa shape index (κ2) is 7.43. The fraction of sp³-hybridized carbons (Fsp3) is 0.158. The number of nitrogens with one attached hydrogen (secondary N) is 2. The van der Waals surface area contributed by atoms with Gasteiger partial charge in [0.25, 0.3) is 5.91 Å². The second-order valence-electron chi connectivity index (χ2n) is 6.05. The number of amides is 1. The van der Waals surface area contributed by atoms with E-state index in [4.69, 9.17) is 0 Å². The zero-order chi connectivity index (χ0) is 20.5. The molecule has 0 fully saturated rings. The van der Waals surface area contributed by atoms with E-state index in [1.165, 1.54) is 18.2 Å². The van der Waals surface area contributed by atoms with Gasteiger partial charge < -0.3 is 15.4 Å². The van der Waals surface area contributed by atoms with Crippen molar-refractivity contribution in [2.45, 2.75) is 12.3 Å². The number of hydrogen-bond acceptors (Lipinski definition) is 3. The minimum absolute atomic E-state index is 0.127. The number of pyridine rings is 1. The summed E-state index contributed by atoms with van der Waals surface area (Å²) in [7, 11) is 0. The first-order chi connectivity index (χ1) is 13.2. The minimum atomic E-state index is -4.66. The largest absolute Gasteiger partial charge is 0.416 e. The molecule has 0 aliphatic heterocycles. The zero-order valence-electron chi connectivity index (χ0n) is 14.2. The Bertz CT molecular complexity index is 1090. The molecule has 0 spiro atoms. The minimum Gasteiger partial charge on any atom is -0.387 e. The van der Waals surface area contributed by atoms with Crippen LogP contribution >= 0.6 is 0 Å². The van der Waals surface area contributed by atoms with E-state index < -0.39 is 47.2 Å². The smallest absolute Gasteiger partial charge is 0.387 e. The van der Waals surface area contributed by atoms with Gasteiger partial charge in [0.2, 0.25) is 5.56 Å². The van der Waals surface area contributed by atoms with Gasteiger partial charge in [-0.3, -0.25) is 9.59 Å². The van der Waals surface area contributed by atoms with Crippen molar-refractivity contribution in [2.24, 2.45) is 0 Å². The lowest BCUT2D eigenvalue weighted by Crippen LogP contribution is -2.30. The first-order valence-electron chi connectivity index (χ1n) is 8.12. The fourth-order valence-corrected chi connectivity index (χ4v) is 2.85. The quantitative estimate of drug-likeness (QED) is 0.595. The van der Waals surface area contributed by atoms with Crippen LogP contribution in [0.15, 0.2) is 53.3 Å². The number of halogens is 4. The maximum Gasteiger partial charge on any atom is 0.416 e. The van der Waals surface area contributed by atoms with Crippen LogP contribution in [0.1, 0.15) is 27.6 Å². The van der Waals surface area contributed by atoms with Crippen LogP contribution in [-0.2, 0) is 6.18 Å². The molecule has 0 aliphatic carbocycles. The third-order valence-electron chi connectivity index (χ3n) is 4.13. The number of carbonyl (C=O) groups excluding carboxylic acids is 1. The summed E-state index contributed by atoms with van der Waals surface area (Å²) in [5, 5.41) is 12.5. The molecule has 3 N–H and O–H groups in total. The Morgan fingerprint density at radius 1 is 1.14 bits per heavy atom. The Hall–Kier alpha value is -3.20. The number of aliphatic hydroxyl groups is 1. The van der Waals surface area contributed by atoms with Crippen molar-refractivity contribution in [3.8, 4) is 0 Å². The lowest BCUT2D eigenvalue weighted by Gasteiger charge is -2.18. The predicted molar refractivity (Wildman–Crippen MR) is 93.3 cm³/mol. The van der Waals surface area contributed by atoms with Gasteiger partial charge in [0.1, 0.15) is 5.82 Å². The molecule has 1 atom stereocenters. The Morgan fingerprint density at radius 2 is 1.86 bits per heavy atom. The van der Waals surface area contributed by atoms with Crippen molar-refractivity contribution in [1.82, 2.24) is 10.3 Å². The van der Waals surface area contributed by atoms with Gasteiger partial charge in [0.15, 0.2) is 0 Å². The number of alkyl halides is 3. The van der Waals surface area contributed by atoms with Crippen molar-refractivity contribution in [2.75, 3.05) is 6.54 Å². The van der Waals surface area contributed by atoms with Crippen molar-refractivity contribution >= 4 is 16.8 Å².